The molecular formula is C29H32F3N3O5. The number of oxazole rings is 1. The summed E-state index contributed by atoms with van der Waals surface area (Å²) in [5, 5.41) is 12.0. The largest absolute Gasteiger partial charge is 0.481 e. The normalized spacial score (nSPS) is 23.1. The number of carbonyl (C=O) groups is 2. The summed E-state index contributed by atoms with van der Waals surface area (Å²) in [6.07, 6.45) is 3.02. The Morgan fingerprint density at radius 1 is 1.10 bits per heavy atom. The van der Waals surface area contributed by atoms with Crippen LogP contribution in [0.3, 0.4) is 0 Å². The zero-order valence-electron chi connectivity index (χ0n) is 22.2. The highest BCUT2D eigenvalue weighted by atomic mass is 19.1. The van der Waals surface area contributed by atoms with E-state index in [9.17, 15) is 23.5 Å². The topological polar surface area (TPSA) is 105 Å². The van der Waals surface area contributed by atoms with Crippen LogP contribution in [0.5, 0.6) is 0 Å². The maximum Gasteiger partial charge on any atom is 0.306 e. The minimum absolute atomic E-state index is 0.0160. The summed E-state index contributed by atoms with van der Waals surface area (Å²) in [7, 11) is 0. The van der Waals surface area contributed by atoms with Gasteiger partial charge in [0.1, 0.15) is 18.0 Å². The van der Waals surface area contributed by atoms with E-state index in [0.717, 1.165) is 5.56 Å². The number of carboxylic acids is 1. The number of fused-ring (bicyclic) bond motifs is 1. The standard InChI is InChI=1S/C29H32F3N3O5/c1-16-2-6-19(31)13-24(16)34-29-33-23-11-5-18(26(32)27(23)40-29)12-25(36)35-20(14-30)7-8-21(35)15-39-22-9-3-17(4-10-22)28(37)38/h2,5-6,11,13,17,20-22H,3-4,7-10,12,14-15H2,1H3,(H,33,34)(H,37,38)/t17?,20-,21-,22?/m0/s1. The third-order valence-corrected chi connectivity index (χ3v) is 7.99. The first-order valence-corrected chi connectivity index (χ1v) is 13.6. The van der Waals surface area contributed by atoms with E-state index in [2.05, 4.69) is 10.3 Å². The van der Waals surface area contributed by atoms with E-state index in [1.54, 1.807) is 19.1 Å². The molecule has 2 heterocycles. The number of ether oxygens (including phenoxy) is 1. The number of anilines is 2. The van der Waals surface area contributed by atoms with Gasteiger partial charge in [-0.05, 0) is 69.2 Å². The number of carbonyl (C=O) groups excluding carboxylic acids is 1. The SMILES string of the molecule is Cc1ccc(F)cc1Nc1nc2ccc(CC(=O)N3[C@H](CF)CC[C@H]3COC3CCC(C(=O)O)CC3)c(F)c2o1. The van der Waals surface area contributed by atoms with Crippen molar-refractivity contribution in [2.24, 2.45) is 5.92 Å². The Morgan fingerprint density at radius 3 is 2.58 bits per heavy atom. The molecule has 3 aromatic rings. The number of alkyl halides is 1. The Hall–Kier alpha value is -3.60. The van der Waals surface area contributed by atoms with Crippen molar-refractivity contribution in [2.75, 3.05) is 18.6 Å². The number of amides is 1. The highest BCUT2D eigenvalue weighted by Gasteiger charge is 2.38. The van der Waals surface area contributed by atoms with Crippen molar-refractivity contribution in [3.63, 3.8) is 0 Å². The van der Waals surface area contributed by atoms with Crippen LogP contribution in [-0.4, -0.2) is 58.3 Å². The molecule has 11 heteroatoms. The second kappa shape index (κ2) is 11.9. The first-order valence-electron chi connectivity index (χ1n) is 13.6. The number of hydrogen-bond acceptors (Lipinski definition) is 6. The Morgan fingerprint density at radius 2 is 1.85 bits per heavy atom. The molecule has 40 heavy (non-hydrogen) atoms. The van der Waals surface area contributed by atoms with Gasteiger partial charge in [-0.1, -0.05) is 12.1 Å². The minimum atomic E-state index is -0.790. The minimum Gasteiger partial charge on any atom is -0.481 e. The first-order chi connectivity index (χ1) is 19.2. The maximum atomic E-state index is 15.4. The molecule has 1 aliphatic heterocycles. The summed E-state index contributed by atoms with van der Waals surface area (Å²) >= 11 is 0. The van der Waals surface area contributed by atoms with Crippen LogP contribution >= 0.6 is 0 Å². The van der Waals surface area contributed by atoms with E-state index >= 15 is 4.39 Å². The molecule has 1 saturated carbocycles. The Labute approximate surface area is 229 Å². The van der Waals surface area contributed by atoms with Gasteiger partial charge in [-0.15, -0.1) is 0 Å². The van der Waals surface area contributed by atoms with Crippen molar-refractivity contribution >= 4 is 34.7 Å². The van der Waals surface area contributed by atoms with E-state index in [1.165, 1.54) is 23.1 Å². The molecule has 1 saturated heterocycles. The lowest BCUT2D eigenvalue weighted by atomic mass is 9.87. The molecule has 1 amide bonds. The number of aromatic nitrogens is 1. The lowest BCUT2D eigenvalue weighted by Crippen LogP contribution is -2.45. The Kier molecular flexibility index (Phi) is 8.30. The molecule has 0 radical (unpaired) electrons. The zero-order chi connectivity index (χ0) is 28.4. The predicted octanol–water partition coefficient (Wildman–Crippen LogP) is 5.69. The fourth-order valence-corrected chi connectivity index (χ4v) is 5.70. The van der Waals surface area contributed by atoms with Gasteiger partial charge in [-0.25, -0.2) is 13.2 Å². The number of nitrogens with zero attached hydrogens (tertiary/aromatic N) is 2. The van der Waals surface area contributed by atoms with Crippen molar-refractivity contribution in [1.82, 2.24) is 9.88 Å². The molecule has 0 unspecified atom stereocenters. The number of nitrogens with one attached hydrogen (secondary N) is 1. The second-order valence-electron chi connectivity index (χ2n) is 10.7. The average molecular weight is 560 g/mol. The molecule has 0 bridgehead atoms. The summed E-state index contributed by atoms with van der Waals surface area (Å²) in [6.45, 7) is 1.30. The quantitative estimate of drug-likeness (QED) is 0.347. The van der Waals surface area contributed by atoms with Crippen molar-refractivity contribution in [3.8, 4) is 0 Å². The summed E-state index contributed by atoms with van der Waals surface area (Å²) in [6, 6.07) is 6.24. The second-order valence-corrected chi connectivity index (χ2v) is 10.7. The zero-order valence-corrected chi connectivity index (χ0v) is 22.2. The number of likely N-dealkylation sites (tertiary alicyclic amines) is 1. The molecule has 1 aromatic heterocycles. The molecule has 8 nitrogen and oxygen atoms in total. The number of aliphatic carboxylic acids is 1. The van der Waals surface area contributed by atoms with Crippen LogP contribution < -0.4 is 5.32 Å². The van der Waals surface area contributed by atoms with Crippen molar-refractivity contribution < 1.29 is 37.0 Å². The van der Waals surface area contributed by atoms with Gasteiger partial charge < -0.3 is 24.5 Å². The van der Waals surface area contributed by atoms with Crippen LogP contribution in [0.15, 0.2) is 34.7 Å². The molecule has 5 rings (SSSR count). The summed E-state index contributed by atoms with van der Waals surface area (Å²) in [4.78, 5) is 30.2. The predicted molar refractivity (Wildman–Crippen MR) is 141 cm³/mol. The number of hydrogen-bond donors (Lipinski definition) is 2. The lowest BCUT2D eigenvalue weighted by molar-refractivity contribution is -0.144. The van der Waals surface area contributed by atoms with Gasteiger partial charge in [-0.2, -0.15) is 4.98 Å². The molecular weight excluding hydrogens is 527 g/mol. The summed E-state index contributed by atoms with van der Waals surface area (Å²) in [5.74, 6) is -2.73. The highest BCUT2D eigenvalue weighted by Crippen LogP contribution is 2.32. The number of halogens is 3. The smallest absolute Gasteiger partial charge is 0.306 e. The molecule has 2 atom stereocenters. The molecule has 0 spiro atoms. The molecule has 2 aromatic carbocycles. The molecule has 2 N–H and O–H groups in total. The van der Waals surface area contributed by atoms with Crippen LogP contribution in [-0.2, 0) is 20.7 Å². The fraction of sp³-hybridized carbons (Fsp3) is 0.483. The number of carboxylic acid groups (broad SMARTS) is 1. The summed E-state index contributed by atoms with van der Waals surface area (Å²) in [5.41, 5.74) is 1.37. The lowest BCUT2D eigenvalue weighted by Gasteiger charge is -2.32. The third-order valence-electron chi connectivity index (χ3n) is 7.99. The van der Waals surface area contributed by atoms with E-state index < -0.39 is 36.2 Å². The van der Waals surface area contributed by atoms with Gasteiger partial charge in [0.2, 0.25) is 5.91 Å². The molecule has 1 aliphatic carbocycles. The number of benzene rings is 2. The fourth-order valence-electron chi connectivity index (χ4n) is 5.70. The van der Waals surface area contributed by atoms with Gasteiger partial charge in [0.15, 0.2) is 11.4 Å². The third kappa shape index (κ3) is 5.94. The van der Waals surface area contributed by atoms with E-state index in [-0.39, 0.29) is 53.8 Å². The Bertz CT molecular complexity index is 1390. The van der Waals surface area contributed by atoms with Gasteiger partial charge in [0, 0.05) is 11.3 Å². The average Bonchev–Trinajstić information content (AvgIpc) is 3.55. The highest BCUT2D eigenvalue weighted by molar-refractivity contribution is 5.83. The van der Waals surface area contributed by atoms with Crippen LogP contribution in [0.25, 0.3) is 11.1 Å². The van der Waals surface area contributed by atoms with Crippen LogP contribution in [0.1, 0.15) is 49.7 Å². The van der Waals surface area contributed by atoms with Gasteiger partial charge in [0.25, 0.3) is 6.01 Å². The van der Waals surface area contributed by atoms with Gasteiger partial charge in [-0.3, -0.25) is 9.59 Å². The number of aryl methyl sites for hydroxylation is 1. The van der Waals surface area contributed by atoms with Gasteiger partial charge in [0.05, 0.1) is 37.1 Å². The first kappa shape index (κ1) is 27.9. The maximum absolute atomic E-state index is 15.4. The summed E-state index contributed by atoms with van der Waals surface area (Å²) < 4.78 is 54.5. The molecule has 2 fully saturated rings. The number of rotatable bonds is 9. The van der Waals surface area contributed by atoms with Crippen molar-refractivity contribution in [3.05, 3.63) is 53.1 Å². The van der Waals surface area contributed by atoms with E-state index in [1.807, 2.05) is 0 Å². The molecule has 2 aliphatic rings. The van der Waals surface area contributed by atoms with Gasteiger partial charge >= 0.3 is 5.97 Å². The van der Waals surface area contributed by atoms with Crippen LogP contribution in [0.4, 0.5) is 24.9 Å². The molecule has 214 valence electrons. The van der Waals surface area contributed by atoms with E-state index in [4.69, 9.17) is 9.15 Å². The van der Waals surface area contributed by atoms with Crippen molar-refractivity contribution in [1.29, 1.82) is 0 Å². The van der Waals surface area contributed by atoms with Crippen LogP contribution in [0, 0.1) is 24.5 Å². The monoisotopic (exact) mass is 559 g/mol. The van der Waals surface area contributed by atoms with Crippen molar-refractivity contribution in [2.45, 2.75) is 70.1 Å². The van der Waals surface area contributed by atoms with Crippen LogP contribution in [0.2, 0.25) is 0 Å². The Balaban J connectivity index is 1.26. The van der Waals surface area contributed by atoms with E-state index in [0.29, 0.717) is 44.2 Å².